The van der Waals surface area contributed by atoms with Gasteiger partial charge in [-0.25, -0.2) is 15.0 Å². The van der Waals surface area contributed by atoms with E-state index in [4.69, 9.17) is 19.4 Å². The molecule has 0 saturated heterocycles. The van der Waals surface area contributed by atoms with Crippen molar-refractivity contribution in [3.63, 3.8) is 0 Å². The molecule has 228 valence electrons. The summed E-state index contributed by atoms with van der Waals surface area (Å²) in [5, 5.41) is 9.50. The number of benzene rings is 6. The molecule has 48 heavy (non-hydrogen) atoms. The highest BCUT2D eigenvalue weighted by atomic mass is 32.1. The summed E-state index contributed by atoms with van der Waals surface area (Å²) in [5.41, 5.74) is 7.27. The Kier molecular flexibility index (Phi) is 6.25. The summed E-state index contributed by atoms with van der Waals surface area (Å²) in [4.78, 5) is 15.4. The molecule has 0 saturated carbocycles. The van der Waals surface area contributed by atoms with Gasteiger partial charge in [0.15, 0.2) is 17.5 Å². The molecule has 9 aromatic rings. The maximum atomic E-state index is 6.81. The van der Waals surface area contributed by atoms with Crippen LogP contribution in [0.2, 0.25) is 0 Å². The molecule has 0 bridgehead atoms. The smallest absolute Gasteiger partial charge is 0.164 e. The van der Waals surface area contributed by atoms with Gasteiger partial charge in [0.1, 0.15) is 11.3 Å². The van der Waals surface area contributed by atoms with Crippen LogP contribution in [0.4, 0.5) is 0 Å². The third-order valence-corrected chi connectivity index (χ3v) is 10.7. The van der Waals surface area contributed by atoms with Gasteiger partial charge in [0.05, 0.1) is 6.54 Å². The van der Waals surface area contributed by atoms with Crippen molar-refractivity contribution in [1.29, 1.82) is 0 Å². The Morgan fingerprint density at radius 3 is 2.25 bits per heavy atom. The van der Waals surface area contributed by atoms with Gasteiger partial charge in [0.2, 0.25) is 0 Å². The van der Waals surface area contributed by atoms with Crippen LogP contribution in [0.5, 0.6) is 0 Å². The largest absolute Gasteiger partial charge is 0.459 e. The van der Waals surface area contributed by atoms with Crippen LogP contribution in [0, 0.1) is 0 Å². The minimum Gasteiger partial charge on any atom is -0.459 e. The quantitative estimate of drug-likeness (QED) is 0.208. The van der Waals surface area contributed by atoms with Crippen molar-refractivity contribution in [2.75, 3.05) is 6.54 Å². The van der Waals surface area contributed by atoms with E-state index in [9.17, 15) is 0 Å². The molecule has 3 aromatic heterocycles. The van der Waals surface area contributed by atoms with Crippen LogP contribution in [0.15, 0.2) is 132 Å². The van der Waals surface area contributed by atoms with Gasteiger partial charge in [-0.3, -0.25) is 0 Å². The molecule has 5 nitrogen and oxygen atoms in total. The lowest BCUT2D eigenvalue weighted by molar-refractivity contribution is 0.488. The Hall–Kier alpha value is -5.69. The topological polar surface area (TPSA) is 63.8 Å². The summed E-state index contributed by atoms with van der Waals surface area (Å²) in [6, 6.07) is 44.6. The summed E-state index contributed by atoms with van der Waals surface area (Å²) in [6.07, 6.45) is 0.875. The number of hydrogen-bond acceptors (Lipinski definition) is 6. The average Bonchev–Trinajstić information content (AvgIpc) is 3.74. The molecule has 6 heteroatoms. The molecule has 4 heterocycles. The van der Waals surface area contributed by atoms with E-state index < -0.39 is 0 Å². The first-order chi connectivity index (χ1) is 23.8. The van der Waals surface area contributed by atoms with Gasteiger partial charge in [-0.1, -0.05) is 103 Å². The zero-order valence-electron chi connectivity index (χ0n) is 25.9. The summed E-state index contributed by atoms with van der Waals surface area (Å²) >= 11 is 1.84. The summed E-state index contributed by atoms with van der Waals surface area (Å²) in [6.45, 7) is 1.59. The minimum absolute atomic E-state index is 0.644. The normalized spacial score (nSPS) is 13.1. The van der Waals surface area contributed by atoms with E-state index in [0.717, 1.165) is 57.3 Å². The summed E-state index contributed by atoms with van der Waals surface area (Å²) in [7, 11) is 0. The second-order valence-electron chi connectivity index (χ2n) is 12.3. The SMILES string of the molecule is c1ccc(-c2nc(-c3ccc4ccccc4c3)nc(-c3ccc(-c4cccc5c4sc4ccccc45)c4oc5c(c34)CCNC5)n2)cc1. The first kappa shape index (κ1) is 27.4. The van der Waals surface area contributed by atoms with Gasteiger partial charge in [-0.2, -0.15) is 0 Å². The molecule has 0 radical (unpaired) electrons. The van der Waals surface area contributed by atoms with Crippen molar-refractivity contribution in [2.45, 2.75) is 13.0 Å². The lowest BCUT2D eigenvalue weighted by Gasteiger charge is -2.13. The van der Waals surface area contributed by atoms with Crippen molar-refractivity contribution < 1.29 is 4.42 Å². The van der Waals surface area contributed by atoms with Crippen molar-refractivity contribution in [2.24, 2.45) is 0 Å². The molecule has 0 spiro atoms. The maximum absolute atomic E-state index is 6.81. The van der Waals surface area contributed by atoms with Crippen LogP contribution < -0.4 is 5.32 Å². The number of fused-ring (bicyclic) bond motifs is 7. The number of aromatic nitrogens is 3. The number of rotatable bonds is 4. The summed E-state index contributed by atoms with van der Waals surface area (Å²) < 4.78 is 9.37. The Morgan fingerprint density at radius 2 is 1.33 bits per heavy atom. The average molecular weight is 637 g/mol. The van der Waals surface area contributed by atoms with Crippen LogP contribution >= 0.6 is 11.3 Å². The highest BCUT2D eigenvalue weighted by Gasteiger charge is 2.26. The van der Waals surface area contributed by atoms with Gasteiger partial charge in [0.25, 0.3) is 0 Å². The second kappa shape index (κ2) is 10.9. The Balaban J connectivity index is 1.23. The van der Waals surface area contributed by atoms with Gasteiger partial charge in [0, 0.05) is 58.9 Å². The predicted octanol–water partition coefficient (Wildman–Crippen LogP) is 10.5. The fourth-order valence-electron chi connectivity index (χ4n) is 7.16. The highest BCUT2D eigenvalue weighted by Crippen LogP contribution is 2.45. The third kappa shape index (κ3) is 4.38. The molecule has 1 aliphatic heterocycles. The van der Waals surface area contributed by atoms with Crippen LogP contribution in [0.3, 0.4) is 0 Å². The van der Waals surface area contributed by atoms with Gasteiger partial charge >= 0.3 is 0 Å². The van der Waals surface area contributed by atoms with Gasteiger partial charge in [-0.05, 0) is 48.0 Å². The van der Waals surface area contributed by atoms with Crippen molar-refractivity contribution in [1.82, 2.24) is 20.3 Å². The zero-order valence-corrected chi connectivity index (χ0v) is 26.7. The molecule has 0 unspecified atom stereocenters. The Morgan fingerprint density at radius 1 is 0.583 bits per heavy atom. The van der Waals surface area contributed by atoms with Crippen LogP contribution in [-0.2, 0) is 13.0 Å². The third-order valence-electron chi connectivity index (χ3n) is 9.47. The van der Waals surface area contributed by atoms with E-state index in [0.29, 0.717) is 24.0 Å². The lowest BCUT2D eigenvalue weighted by Crippen LogP contribution is -2.22. The minimum atomic E-state index is 0.644. The molecule has 0 atom stereocenters. The second-order valence-corrected chi connectivity index (χ2v) is 13.4. The first-order valence-corrected chi connectivity index (χ1v) is 17.1. The number of hydrogen-bond donors (Lipinski definition) is 1. The molecule has 10 rings (SSSR count). The fourth-order valence-corrected chi connectivity index (χ4v) is 8.39. The zero-order chi connectivity index (χ0) is 31.6. The predicted molar refractivity (Wildman–Crippen MR) is 197 cm³/mol. The molecule has 1 aliphatic rings. The van der Waals surface area contributed by atoms with Crippen molar-refractivity contribution in [3.05, 3.63) is 139 Å². The van der Waals surface area contributed by atoms with E-state index >= 15 is 0 Å². The van der Waals surface area contributed by atoms with Gasteiger partial charge in [-0.15, -0.1) is 11.3 Å². The van der Waals surface area contributed by atoms with E-state index in [2.05, 4.69) is 115 Å². The Bertz CT molecular complexity index is 2690. The molecule has 0 fully saturated rings. The molecular weight excluding hydrogens is 609 g/mol. The lowest BCUT2D eigenvalue weighted by atomic mass is 9.94. The van der Waals surface area contributed by atoms with Gasteiger partial charge < -0.3 is 9.73 Å². The highest BCUT2D eigenvalue weighted by molar-refractivity contribution is 7.26. The number of nitrogens with zero attached hydrogens (tertiary/aromatic N) is 3. The fraction of sp³-hybridized carbons (Fsp3) is 0.0714. The Labute approximate surface area is 280 Å². The number of thiophene rings is 1. The molecule has 0 amide bonds. The van der Waals surface area contributed by atoms with E-state index in [1.54, 1.807) is 0 Å². The molecule has 6 aromatic carbocycles. The van der Waals surface area contributed by atoms with Crippen LogP contribution in [0.1, 0.15) is 11.3 Å². The number of furan rings is 1. The van der Waals surface area contributed by atoms with Crippen molar-refractivity contribution >= 4 is 53.3 Å². The summed E-state index contributed by atoms with van der Waals surface area (Å²) in [5.74, 6) is 2.93. The maximum Gasteiger partial charge on any atom is 0.164 e. The molecule has 1 N–H and O–H groups in total. The van der Waals surface area contributed by atoms with E-state index in [1.165, 1.54) is 36.7 Å². The van der Waals surface area contributed by atoms with Crippen LogP contribution in [0.25, 0.3) is 87.2 Å². The molecular formula is C42H28N4OS. The standard InChI is InChI=1S/C42H28N4OS/c1-2-10-26(11-3-1)40-44-41(28-18-17-25-9-4-5-12-27(25)23-28)46-42(45-40)34-20-19-30(38-37(34)33-21-22-43-24-35(33)47-38)32-15-8-14-31-29-13-6-7-16-36(29)48-39(31)32/h1-20,23,43H,21-22,24H2. The van der Waals surface area contributed by atoms with Crippen molar-refractivity contribution in [3.8, 4) is 45.3 Å². The van der Waals surface area contributed by atoms with E-state index in [-0.39, 0.29) is 0 Å². The monoisotopic (exact) mass is 636 g/mol. The first-order valence-electron chi connectivity index (χ1n) is 16.3. The number of nitrogens with one attached hydrogen (secondary N) is 1. The van der Waals surface area contributed by atoms with Crippen LogP contribution in [-0.4, -0.2) is 21.5 Å². The molecule has 0 aliphatic carbocycles. The van der Waals surface area contributed by atoms with E-state index in [1.807, 2.05) is 29.5 Å².